The van der Waals surface area contributed by atoms with Gasteiger partial charge in [0, 0.05) is 11.6 Å². The Morgan fingerprint density at radius 2 is 1.77 bits per heavy atom. The van der Waals surface area contributed by atoms with Gasteiger partial charge in [-0.1, -0.05) is 6.07 Å². The van der Waals surface area contributed by atoms with Crippen molar-refractivity contribution in [1.29, 1.82) is 0 Å². The van der Waals surface area contributed by atoms with Crippen LogP contribution in [0.5, 0.6) is 5.75 Å². The number of pyridine rings is 1. The molecule has 3 rings (SSSR count). The van der Waals surface area contributed by atoms with Gasteiger partial charge in [0.25, 0.3) is 5.56 Å². The van der Waals surface area contributed by atoms with Crippen molar-refractivity contribution < 1.29 is 13.9 Å². The van der Waals surface area contributed by atoms with E-state index >= 15 is 0 Å². The number of benzene rings is 2. The summed E-state index contributed by atoms with van der Waals surface area (Å²) >= 11 is 0. The minimum Gasteiger partial charge on any atom is -0.495 e. The second kappa shape index (κ2) is 6.84. The van der Waals surface area contributed by atoms with Gasteiger partial charge in [-0.25, -0.2) is 4.39 Å². The number of hydrogen-bond donors (Lipinski definition) is 1. The molecule has 2 aromatic carbocycles. The van der Waals surface area contributed by atoms with E-state index in [9.17, 15) is 14.0 Å². The average molecular weight is 352 g/mol. The van der Waals surface area contributed by atoms with E-state index in [2.05, 4.69) is 0 Å². The van der Waals surface area contributed by atoms with Crippen LogP contribution < -0.4 is 16.0 Å². The van der Waals surface area contributed by atoms with Gasteiger partial charge in [0.05, 0.1) is 18.4 Å². The van der Waals surface area contributed by atoms with E-state index in [0.29, 0.717) is 11.4 Å². The molecule has 6 heteroatoms. The molecule has 1 heterocycles. The number of aromatic nitrogens is 1. The highest BCUT2D eigenvalue weighted by Gasteiger charge is 2.18. The molecule has 2 N–H and O–H groups in total. The van der Waals surface area contributed by atoms with Crippen LogP contribution in [0.2, 0.25) is 0 Å². The molecule has 0 saturated heterocycles. The third-order valence-electron chi connectivity index (χ3n) is 4.06. The van der Waals surface area contributed by atoms with Crippen LogP contribution in [0.3, 0.4) is 0 Å². The fraction of sp³-hybridized carbons (Fsp3) is 0.100. The van der Waals surface area contributed by atoms with Gasteiger partial charge in [-0.2, -0.15) is 0 Å². The Morgan fingerprint density at radius 1 is 1.08 bits per heavy atom. The van der Waals surface area contributed by atoms with E-state index in [-0.39, 0.29) is 22.5 Å². The molecule has 0 fully saturated rings. The molecular formula is C20H17FN2O3. The number of nitrogens with two attached hydrogens (primary N) is 1. The number of aryl methyl sites for hydroxylation is 1. The molecule has 0 spiro atoms. The van der Waals surface area contributed by atoms with Gasteiger partial charge in [0.1, 0.15) is 17.4 Å². The average Bonchev–Trinajstić information content (AvgIpc) is 2.63. The third kappa shape index (κ3) is 3.09. The molecule has 0 aliphatic heterocycles. The molecule has 0 unspecified atom stereocenters. The zero-order chi connectivity index (χ0) is 18.8. The summed E-state index contributed by atoms with van der Waals surface area (Å²) in [6, 6.07) is 13.1. The molecule has 0 atom stereocenters. The summed E-state index contributed by atoms with van der Waals surface area (Å²) in [6.07, 6.45) is 0. The second-order valence-corrected chi connectivity index (χ2v) is 5.82. The van der Waals surface area contributed by atoms with E-state index < -0.39 is 11.6 Å². The number of ether oxygens (including phenoxy) is 1. The molecule has 0 amide bonds. The zero-order valence-corrected chi connectivity index (χ0v) is 14.3. The first-order valence-electron chi connectivity index (χ1n) is 7.89. The van der Waals surface area contributed by atoms with Crippen LogP contribution in [0.15, 0.2) is 59.4 Å². The Labute approximate surface area is 149 Å². The SMILES string of the molecule is COc1cc(C)ccc1-n1c(N)c(C(=O)c2ccc(F)cc2)ccc1=O. The van der Waals surface area contributed by atoms with Crippen molar-refractivity contribution in [1.82, 2.24) is 4.57 Å². The van der Waals surface area contributed by atoms with Crippen LogP contribution in [-0.2, 0) is 0 Å². The quantitative estimate of drug-likeness (QED) is 0.732. The van der Waals surface area contributed by atoms with Crippen LogP contribution in [0.25, 0.3) is 5.69 Å². The fourth-order valence-electron chi connectivity index (χ4n) is 2.72. The van der Waals surface area contributed by atoms with E-state index in [0.717, 1.165) is 5.56 Å². The molecule has 26 heavy (non-hydrogen) atoms. The maximum atomic E-state index is 13.1. The first-order valence-corrected chi connectivity index (χ1v) is 7.89. The van der Waals surface area contributed by atoms with Gasteiger partial charge in [0.15, 0.2) is 5.78 Å². The largest absolute Gasteiger partial charge is 0.495 e. The lowest BCUT2D eigenvalue weighted by atomic mass is 10.0. The Kier molecular flexibility index (Phi) is 4.58. The zero-order valence-electron chi connectivity index (χ0n) is 14.3. The number of carbonyl (C=O) groups excluding carboxylic acids is 1. The maximum absolute atomic E-state index is 13.1. The van der Waals surface area contributed by atoms with Crippen LogP contribution in [-0.4, -0.2) is 17.5 Å². The predicted molar refractivity (Wildman–Crippen MR) is 97.6 cm³/mol. The predicted octanol–water partition coefficient (Wildman–Crippen LogP) is 3.11. The minimum atomic E-state index is -0.441. The van der Waals surface area contributed by atoms with Crippen LogP contribution in [0.1, 0.15) is 21.5 Å². The molecule has 0 aliphatic carbocycles. The highest BCUT2D eigenvalue weighted by molar-refractivity contribution is 6.11. The number of rotatable bonds is 4. The smallest absolute Gasteiger partial charge is 0.256 e. The summed E-state index contributed by atoms with van der Waals surface area (Å²) in [4.78, 5) is 25.1. The summed E-state index contributed by atoms with van der Waals surface area (Å²) in [5, 5.41) is 0. The third-order valence-corrected chi connectivity index (χ3v) is 4.06. The second-order valence-electron chi connectivity index (χ2n) is 5.82. The topological polar surface area (TPSA) is 74.3 Å². The summed E-state index contributed by atoms with van der Waals surface area (Å²) < 4.78 is 19.7. The first kappa shape index (κ1) is 17.4. The lowest BCUT2D eigenvalue weighted by Crippen LogP contribution is -2.24. The fourth-order valence-corrected chi connectivity index (χ4v) is 2.72. The molecule has 1 aromatic heterocycles. The summed E-state index contributed by atoms with van der Waals surface area (Å²) in [5.41, 5.74) is 7.59. The van der Waals surface area contributed by atoms with Crippen molar-refractivity contribution >= 4 is 11.6 Å². The molecule has 0 saturated carbocycles. The van der Waals surface area contributed by atoms with Crippen LogP contribution >= 0.6 is 0 Å². The molecule has 132 valence electrons. The van der Waals surface area contributed by atoms with Gasteiger partial charge in [0.2, 0.25) is 0 Å². The Balaban J connectivity index is 2.18. The summed E-state index contributed by atoms with van der Waals surface area (Å²) in [7, 11) is 1.49. The van der Waals surface area contributed by atoms with E-state index in [1.165, 1.54) is 48.1 Å². The highest BCUT2D eigenvalue weighted by atomic mass is 19.1. The number of halogens is 1. The van der Waals surface area contributed by atoms with Crippen molar-refractivity contribution in [2.24, 2.45) is 0 Å². The molecule has 5 nitrogen and oxygen atoms in total. The number of anilines is 1. The van der Waals surface area contributed by atoms with Crippen molar-refractivity contribution in [3.63, 3.8) is 0 Å². The van der Waals surface area contributed by atoms with Gasteiger partial charge < -0.3 is 10.5 Å². The normalized spacial score (nSPS) is 10.6. The molecule has 0 radical (unpaired) electrons. The molecular weight excluding hydrogens is 335 g/mol. The number of ketones is 1. The van der Waals surface area contributed by atoms with Gasteiger partial charge >= 0.3 is 0 Å². The van der Waals surface area contributed by atoms with Gasteiger partial charge in [-0.3, -0.25) is 14.2 Å². The number of nitrogen functional groups attached to an aromatic ring is 1. The molecule has 3 aromatic rings. The van der Waals surface area contributed by atoms with Crippen molar-refractivity contribution in [3.8, 4) is 11.4 Å². The standard InChI is InChI=1S/C20H17FN2O3/c1-12-3-9-16(17(11-12)26-2)23-18(24)10-8-15(20(23)22)19(25)13-4-6-14(21)7-5-13/h3-11H,22H2,1-2H3. The Bertz CT molecular complexity index is 1040. The molecule has 0 bridgehead atoms. The van der Waals surface area contributed by atoms with Crippen molar-refractivity contribution in [2.75, 3.05) is 12.8 Å². The molecule has 0 aliphatic rings. The van der Waals surface area contributed by atoms with E-state index in [1.54, 1.807) is 12.1 Å². The Hall–Kier alpha value is -3.41. The summed E-state index contributed by atoms with van der Waals surface area (Å²) in [5.74, 6) is -0.384. The maximum Gasteiger partial charge on any atom is 0.256 e. The van der Waals surface area contributed by atoms with Gasteiger partial charge in [-0.15, -0.1) is 0 Å². The summed E-state index contributed by atoms with van der Waals surface area (Å²) in [6.45, 7) is 1.90. The van der Waals surface area contributed by atoms with Crippen LogP contribution in [0, 0.1) is 12.7 Å². The van der Waals surface area contributed by atoms with E-state index in [1.807, 2.05) is 13.0 Å². The highest BCUT2D eigenvalue weighted by Crippen LogP contribution is 2.26. The lowest BCUT2D eigenvalue weighted by Gasteiger charge is -2.16. The van der Waals surface area contributed by atoms with Gasteiger partial charge in [-0.05, 0) is 55.0 Å². The number of hydrogen-bond acceptors (Lipinski definition) is 4. The number of nitrogens with zero attached hydrogens (tertiary/aromatic N) is 1. The van der Waals surface area contributed by atoms with Crippen molar-refractivity contribution in [3.05, 3.63) is 87.5 Å². The lowest BCUT2D eigenvalue weighted by molar-refractivity contribution is 0.103. The first-order chi connectivity index (χ1) is 12.4. The van der Waals surface area contributed by atoms with Crippen LogP contribution in [0.4, 0.5) is 10.2 Å². The Morgan fingerprint density at radius 3 is 2.42 bits per heavy atom. The van der Waals surface area contributed by atoms with E-state index in [4.69, 9.17) is 10.5 Å². The monoisotopic (exact) mass is 352 g/mol. The minimum absolute atomic E-state index is 0.00558. The van der Waals surface area contributed by atoms with Crippen molar-refractivity contribution in [2.45, 2.75) is 6.92 Å². The number of methoxy groups -OCH3 is 1. The number of carbonyl (C=O) groups is 1.